The Morgan fingerprint density at radius 1 is 1.28 bits per heavy atom. The Morgan fingerprint density at radius 2 is 1.97 bits per heavy atom. The molecule has 29 heavy (non-hydrogen) atoms. The molecule has 1 aliphatic rings. The lowest BCUT2D eigenvalue weighted by Gasteiger charge is -2.21. The van der Waals surface area contributed by atoms with Gasteiger partial charge in [0.2, 0.25) is 0 Å². The van der Waals surface area contributed by atoms with Crippen LogP contribution < -0.4 is 0 Å². The third-order valence-corrected chi connectivity index (χ3v) is 5.73. The molecule has 1 unspecified atom stereocenters. The lowest BCUT2D eigenvalue weighted by molar-refractivity contribution is -0.113. The summed E-state index contributed by atoms with van der Waals surface area (Å²) in [5.41, 5.74) is 5.57. The van der Waals surface area contributed by atoms with E-state index >= 15 is 0 Å². The van der Waals surface area contributed by atoms with Gasteiger partial charge in [-0.25, -0.2) is 4.68 Å². The number of allylic oxidation sites excluding steroid dienone is 4. The van der Waals surface area contributed by atoms with Gasteiger partial charge >= 0.3 is 0 Å². The Hall–Kier alpha value is -2.43. The van der Waals surface area contributed by atoms with Crippen LogP contribution >= 0.6 is 0 Å². The predicted molar refractivity (Wildman–Crippen MR) is 122 cm³/mol. The molecule has 5 heteroatoms. The van der Waals surface area contributed by atoms with Crippen molar-refractivity contribution in [2.45, 2.75) is 73.3 Å². The van der Waals surface area contributed by atoms with Gasteiger partial charge in [-0.1, -0.05) is 25.5 Å². The van der Waals surface area contributed by atoms with Crippen LogP contribution in [0.5, 0.6) is 0 Å². The summed E-state index contributed by atoms with van der Waals surface area (Å²) in [5, 5.41) is 4.58. The first-order valence-corrected chi connectivity index (χ1v) is 10.8. The van der Waals surface area contributed by atoms with E-state index in [-0.39, 0.29) is 11.8 Å². The maximum absolute atomic E-state index is 11.6. The van der Waals surface area contributed by atoms with E-state index < -0.39 is 0 Å². The molecule has 5 nitrogen and oxygen atoms in total. The summed E-state index contributed by atoms with van der Waals surface area (Å²) < 4.78 is 1.94. The molecule has 0 N–H and O–H groups in total. The molecule has 0 amide bonds. The van der Waals surface area contributed by atoms with Gasteiger partial charge < -0.3 is 4.90 Å². The number of aromatic nitrogens is 2. The minimum absolute atomic E-state index is 0.00239. The molecule has 1 aliphatic heterocycles. The normalized spacial score (nSPS) is 17.4. The van der Waals surface area contributed by atoms with Gasteiger partial charge in [0, 0.05) is 48.0 Å². The highest BCUT2D eigenvalue weighted by Gasteiger charge is 2.16. The molecule has 1 aromatic heterocycles. The van der Waals surface area contributed by atoms with Crippen molar-refractivity contribution < 1.29 is 4.79 Å². The monoisotopic (exact) mass is 396 g/mol. The molecule has 1 fully saturated rings. The molecular formula is C24H36N4O. The minimum Gasteiger partial charge on any atom is -0.372 e. The number of hydrogen-bond donors (Lipinski definition) is 0. The van der Waals surface area contributed by atoms with Crippen molar-refractivity contribution >= 4 is 18.2 Å². The van der Waals surface area contributed by atoms with Crippen molar-refractivity contribution in [1.82, 2.24) is 14.7 Å². The molecule has 2 rings (SSSR count). The van der Waals surface area contributed by atoms with Crippen LogP contribution in [0.3, 0.4) is 0 Å². The fourth-order valence-corrected chi connectivity index (χ4v) is 3.66. The van der Waals surface area contributed by atoms with Crippen molar-refractivity contribution in [2.24, 2.45) is 4.99 Å². The second-order valence-corrected chi connectivity index (χ2v) is 7.66. The summed E-state index contributed by atoms with van der Waals surface area (Å²) in [6.07, 6.45) is 14.1. The van der Waals surface area contributed by atoms with E-state index in [1.54, 1.807) is 19.2 Å². The second-order valence-electron chi connectivity index (χ2n) is 7.66. The number of hydrogen-bond acceptors (Lipinski definition) is 4. The number of carbonyl (C=O) groups is 1. The van der Waals surface area contributed by atoms with Crippen molar-refractivity contribution in [3.05, 3.63) is 46.4 Å². The van der Waals surface area contributed by atoms with E-state index in [4.69, 9.17) is 0 Å². The molecule has 158 valence electrons. The van der Waals surface area contributed by atoms with Crippen molar-refractivity contribution in [1.29, 1.82) is 0 Å². The van der Waals surface area contributed by atoms with Gasteiger partial charge in [-0.2, -0.15) is 5.10 Å². The number of ketones is 1. The van der Waals surface area contributed by atoms with Gasteiger partial charge in [0.15, 0.2) is 5.78 Å². The van der Waals surface area contributed by atoms with Crippen molar-refractivity contribution in [2.75, 3.05) is 13.1 Å². The zero-order chi connectivity index (χ0) is 21.4. The zero-order valence-electron chi connectivity index (χ0n) is 18.9. The number of nitrogens with zero attached hydrogens (tertiary/aromatic N) is 4. The van der Waals surface area contributed by atoms with E-state index in [2.05, 4.69) is 55.0 Å². The fourth-order valence-electron chi connectivity index (χ4n) is 3.66. The fraction of sp³-hybridized carbons (Fsp3) is 0.542. The van der Waals surface area contributed by atoms with Crippen LogP contribution in [0, 0.1) is 6.92 Å². The van der Waals surface area contributed by atoms with Crippen LogP contribution in [0.2, 0.25) is 0 Å². The third-order valence-electron chi connectivity index (χ3n) is 5.73. The summed E-state index contributed by atoms with van der Waals surface area (Å²) in [6, 6.07) is -0.00239. The van der Waals surface area contributed by atoms with Gasteiger partial charge in [-0.15, -0.1) is 0 Å². The number of rotatable bonds is 9. The van der Waals surface area contributed by atoms with Crippen molar-refractivity contribution in [3.8, 4) is 0 Å². The quantitative estimate of drug-likeness (QED) is 0.315. The Balaban J connectivity index is 2.26. The Kier molecular flexibility index (Phi) is 8.62. The molecule has 1 atom stereocenters. The number of carbonyl (C=O) groups excluding carboxylic acids is 1. The third kappa shape index (κ3) is 5.78. The Labute approximate surface area is 175 Å². The zero-order valence-corrected chi connectivity index (χ0v) is 18.9. The molecule has 1 saturated heterocycles. The summed E-state index contributed by atoms with van der Waals surface area (Å²) in [5.74, 6) is 0.0361. The molecule has 0 spiro atoms. The molecule has 2 heterocycles. The average molecular weight is 397 g/mol. The first-order chi connectivity index (χ1) is 13.9. The average Bonchev–Trinajstić information content (AvgIpc) is 3.36. The highest BCUT2D eigenvalue weighted by molar-refractivity contribution is 6.12. The molecular weight excluding hydrogens is 360 g/mol. The molecule has 1 aromatic rings. The van der Waals surface area contributed by atoms with E-state index in [1.165, 1.54) is 24.1 Å². The summed E-state index contributed by atoms with van der Waals surface area (Å²) in [4.78, 5) is 18.8. The van der Waals surface area contributed by atoms with E-state index in [0.717, 1.165) is 37.2 Å². The summed E-state index contributed by atoms with van der Waals surface area (Å²) in [7, 11) is 0. The van der Waals surface area contributed by atoms with Gasteiger partial charge in [-0.05, 0) is 59.5 Å². The second kappa shape index (κ2) is 10.9. The van der Waals surface area contributed by atoms with Crippen LogP contribution in [0.1, 0.15) is 77.6 Å². The Morgan fingerprint density at radius 3 is 2.52 bits per heavy atom. The van der Waals surface area contributed by atoms with E-state index in [0.29, 0.717) is 5.57 Å². The van der Waals surface area contributed by atoms with Crippen LogP contribution in [0.25, 0.3) is 6.20 Å². The highest BCUT2D eigenvalue weighted by Crippen LogP contribution is 2.25. The SMILES string of the molecule is C/C=C(\C=N/C(CC)c1cnn(/C=C\C(=C(\C)CC)N2CCCC2)c1C)C(C)=O. The number of likely N-dealkylation sites (tertiary alicyclic amines) is 1. The van der Waals surface area contributed by atoms with Crippen molar-refractivity contribution in [3.63, 3.8) is 0 Å². The maximum atomic E-state index is 11.6. The first-order valence-electron chi connectivity index (χ1n) is 10.8. The lowest BCUT2D eigenvalue weighted by Crippen LogP contribution is -2.18. The first kappa shape index (κ1) is 22.9. The molecule has 0 aromatic carbocycles. The minimum atomic E-state index is -0.00239. The maximum Gasteiger partial charge on any atom is 0.160 e. The largest absolute Gasteiger partial charge is 0.372 e. The smallest absolute Gasteiger partial charge is 0.160 e. The number of aliphatic imine (C=N–C) groups is 1. The van der Waals surface area contributed by atoms with Gasteiger partial charge in [0.05, 0.1) is 12.2 Å². The lowest BCUT2D eigenvalue weighted by atomic mass is 10.1. The van der Waals surface area contributed by atoms with Crippen LogP contribution in [0.15, 0.2) is 40.2 Å². The summed E-state index contributed by atoms with van der Waals surface area (Å²) in [6.45, 7) is 14.3. The number of Topliss-reactive ketones (excluding diaryl/α,β-unsaturated/α-hetero) is 1. The predicted octanol–water partition coefficient (Wildman–Crippen LogP) is 5.50. The van der Waals surface area contributed by atoms with E-state index in [9.17, 15) is 4.79 Å². The highest BCUT2D eigenvalue weighted by atomic mass is 16.1. The van der Waals surface area contributed by atoms with Gasteiger partial charge in [0.1, 0.15) is 0 Å². The van der Waals surface area contributed by atoms with Crippen LogP contribution in [-0.4, -0.2) is 39.8 Å². The van der Waals surface area contributed by atoms with Crippen LogP contribution in [0.4, 0.5) is 0 Å². The molecule has 0 aliphatic carbocycles. The molecule has 0 saturated carbocycles. The van der Waals surface area contributed by atoms with Gasteiger partial charge in [0.25, 0.3) is 0 Å². The molecule has 0 bridgehead atoms. The van der Waals surface area contributed by atoms with Gasteiger partial charge in [-0.3, -0.25) is 9.79 Å². The topological polar surface area (TPSA) is 50.5 Å². The standard InChI is InChI=1S/C24H36N4O/c1-7-18(4)24(27-13-10-11-14-27)12-15-28-19(5)22(17-26-28)23(9-3)25-16-21(8-2)20(6)29/h8,12,15-17,23H,7,9-11,13-14H2,1-6H3/b15-12-,21-8+,24-18+,25-16-. The Bertz CT molecular complexity index is 820. The van der Waals surface area contributed by atoms with Crippen LogP contribution in [-0.2, 0) is 4.79 Å². The molecule has 0 radical (unpaired) electrons. The van der Waals surface area contributed by atoms with E-state index in [1.807, 2.05) is 17.8 Å². The summed E-state index contributed by atoms with van der Waals surface area (Å²) >= 11 is 0.